The molecule has 0 radical (unpaired) electrons. The van der Waals surface area contributed by atoms with Gasteiger partial charge in [0.05, 0.1) is 0 Å². The number of ketones is 1. The number of rotatable bonds is 5. The molecule has 2 amide bonds. The van der Waals surface area contributed by atoms with Crippen molar-refractivity contribution >= 4 is 17.6 Å². The predicted octanol–water partition coefficient (Wildman–Crippen LogP) is 1.78. The zero-order chi connectivity index (χ0) is 15.9. The van der Waals surface area contributed by atoms with Crippen LogP contribution < -0.4 is 5.32 Å². The summed E-state index contributed by atoms with van der Waals surface area (Å²) >= 11 is 0. The molecule has 1 aromatic rings. The quantitative estimate of drug-likeness (QED) is 0.843. The molecule has 1 unspecified atom stereocenters. The maximum Gasteiger partial charge on any atom is 0.222 e. The highest BCUT2D eigenvalue weighted by Crippen LogP contribution is 2.11. The number of carbonyl (C=O) groups excluding carboxylic acids is 3. The summed E-state index contributed by atoms with van der Waals surface area (Å²) in [5.41, 5.74) is 0.688. The maximum absolute atomic E-state index is 12.3. The highest BCUT2D eigenvalue weighted by molar-refractivity contribution is 5.96. The van der Waals surface area contributed by atoms with Crippen LogP contribution in [0.1, 0.15) is 43.0 Å². The van der Waals surface area contributed by atoms with Crippen molar-refractivity contribution in [2.75, 3.05) is 13.1 Å². The van der Waals surface area contributed by atoms with Gasteiger partial charge >= 0.3 is 0 Å². The number of Topliss-reactive ketones (excluding diaryl/α,β-unsaturated/α-hetero) is 1. The molecule has 1 N–H and O–H groups in total. The molecule has 118 valence electrons. The van der Waals surface area contributed by atoms with E-state index in [-0.39, 0.29) is 23.6 Å². The highest BCUT2D eigenvalue weighted by atomic mass is 16.2. The largest absolute Gasteiger partial charge is 0.354 e. The van der Waals surface area contributed by atoms with E-state index in [0.717, 1.165) is 0 Å². The minimum Gasteiger partial charge on any atom is -0.354 e. The van der Waals surface area contributed by atoms with Gasteiger partial charge in [0.15, 0.2) is 5.78 Å². The molecule has 0 aromatic heterocycles. The van der Waals surface area contributed by atoms with Crippen molar-refractivity contribution < 1.29 is 14.4 Å². The molecule has 0 bridgehead atoms. The van der Waals surface area contributed by atoms with E-state index < -0.39 is 0 Å². The van der Waals surface area contributed by atoms with E-state index in [2.05, 4.69) is 5.32 Å². The van der Waals surface area contributed by atoms with E-state index in [4.69, 9.17) is 0 Å². The van der Waals surface area contributed by atoms with Gasteiger partial charge in [-0.25, -0.2) is 0 Å². The first-order valence-corrected chi connectivity index (χ1v) is 7.72. The number of benzene rings is 1. The Bertz CT molecular complexity index is 542. The summed E-state index contributed by atoms with van der Waals surface area (Å²) in [4.78, 5) is 37.4. The van der Waals surface area contributed by atoms with Crippen molar-refractivity contribution in [2.24, 2.45) is 0 Å². The lowest BCUT2D eigenvalue weighted by Crippen LogP contribution is -2.41. The fourth-order valence-corrected chi connectivity index (χ4v) is 2.59. The van der Waals surface area contributed by atoms with E-state index >= 15 is 0 Å². The van der Waals surface area contributed by atoms with Crippen molar-refractivity contribution in [1.82, 2.24) is 10.2 Å². The van der Waals surface area contributed by atoms with E-state index in [0.29, 0.717) is 44.3 Å². The third-order valence-corrected chi connectivity index (χ3v) is 3.92. The highest BCUT2D eigenvalue weighted by Gasteiger charge is 2.24. The Morgan fingerprint density at radius 3 is 2.68 bits per heavy atom. The van der Waals surface area contributed by atoms with Crippen LogP contribution in [0.4, 0.5) is 0 Å². The molecule has 5 heteroatoms. The molecule has 0 saturated carbocycles. The lowest BCUT2D eigenvalue weighted by Gasteiger charge is -2.26. The Morgan fingerprint density at radius 1 is 1.23 bits per heavy atom. The van der Waals surface area contributed by atoms with Crippen LogP contribution >= 0.6 is 0 Å². The van der Waals surface area contributed by atoms with Gasteiger partial charge in [-0.05, 0) is 13.3 Å². The average Bonchev–Trinajstić information content (AvgIpc) is 2.69. The van der Waals surface area contributed by atoms with Crippen LogP contribution in [0.15, 0.2) is 30.3 Å². The molecule has 1 heterocycles. The summed E-state index contributed by atoms with van der Waals surface area (Å²) in [6.07, 6.45) is 1.60. The molecule has 2 rings (SSSR count). The second-order valence-electron chi connectivity index (χ2n) is 5.63. The van der Waals surface area contributed by atoms with Crippen molar-refractivity contribution in [3.63, 3.8) is 0 Å². The molecule has 1 atom stereocenters. The first kappa shape index (κ1) is 16.2. The number of nitrogens with one attached hydrogen (secondary N) is 1. The predicted molar refractivity (Wildman–Crippen MR) is 83.4 cm³/mol. The van der Waals surface area contributed by atoms with E-state index in [9.17, 15) is 14.4 Å². The monoisotopic (exact) mass is 302 g/mol. The summed E-state index contributed by atoms with van der Waals surface area (Å²) in [6.45, 7) is 2.88. The number of nitrogens with zero attached hydrogens (tertiary/aromatic N) is 1. The molecule has 1 aromatic carbocycles. The van der Waals surface area contributed by atoms with Gasteiger partial charge < -0.3 is 10.2 Å². The second-order valence-corrected chi connectivity index (χ2v) is 5.63. The van der Waals surface area contributed by atoms with Gasteiger partial charge in [0.1, 0.15) is 0 Å². The van der Waals surface area contributed by atoms with Crippen molar-refractivity contribution in [2.45, 2.75) is 38.6 Å². The fourth-order valence-electron chi connectivity index (χ4n) is 2.59. The number of hydrogen-bond acceptors (Lipinski definition) is 3. The number of amides is 2. The summed E-state index contributed by atoms with van der Waals surface area (Å²) in [5, 5.41) is 2.79. The Morgan fingerprint density at radius 2 is 1.95 bits per heavy atom. The molecule has 1 aliphatic heterocycles. The van der Waals surface area contributed by atoms with Gasteiger partial charge in [0, 0.05) is 44.0 Å². The van der Waals surface area contributed by atoms with Crippen LogP contribution in [-0.4, -0.2) is 41.6 Å². The minimum atomic E-state index is -0.0126. The Hall–Kier alpha value is -2.17. The maximum atomic E-state index is 12.3. The zero-order valence-corrected chi connectivity index (χ0v) is 12.9. The van der Waals surface area contributed by atoms with Crippen LogP contribution in [0.3, 0.4) is 0 Å². The minimum absolute atomic E-state index is 0.00350. The Kier molecular flexibility index (Phi) is 5.69. The summed E-state index contributed by atoms with van der Waals surface area (Å²) in [5.74, 6) is 0.0698. The average molecular weight is 302 g/mol. The molecule has 0 spiro atoms. The van der Waals surface area contributed by atoms with E-state index in [1.54, 1.807) is 17.0 Å². The summed E-state index contributed by atoms with van der Waals surface area (Å²) < 4.78 is 0. The molecular formula is C17H22N2O3. The molecule has 0 aliphatic carbocycles. The third-order valence-electron chi connectivity index (χ3n) is 3.92. The lowest BCUT2D eigenvalue weighted by atomic mass is 10.1. The van der Waals surface area contributed by atoms with Gasteiger partial charge in [-0.1, -0.05) is 30.3 Å². The van der Waals surface area contributed by atoms with Crippen LogP contribution in [0.25, 0.3) is 0 Å². The summed E-state index contributed by atoms with van der Waals surface area (Å²) in [7, 11) is 0. The molecule has 1 fully saturated rings. The van der Waals surface area contributed by atoms with Crippen molar-refractivity contribution in [3.05, 3.63) is 35.9 Å². The van der Waals surface area contributed by atoms with E-state index in [1.807, 2.05) is 25.1 Å². The Balaban J connectivity index is 1.80. The van der Waals surface area contributed by atoms with E-state index in [1.165, 1.54) is 0 Å². The molecule has 22 heavy (non-hydrogen) atoms. The van der Waals surface area contributed by atoms with Crippen molar-refractivity contribution in [3.8, 4) is 0 Å². The third kappa shape index (κ3) is 4.41. The van der Waals surface area contributed by atoms with Gasteiger partial charge in [0.2, 0.25) is 11.8 Å². The van der Waals surface area contributed by atoms with Crippen LogP contribution in [0.2, 0.25) is 0 Å². The number of carbonyl (C=O) groups is 3. The lowest BCUT2D eigenvalue weighted by molar-refractivity contribution is -0.133. The van der Waals surface area contributed by atoms with Gasteiger partial charge in [-0.2, -0.15) is 0 Å². The first-order valence-electron chi connectivity index (χ1n) is 7.72. The van der Waals surface area contributed by atoms with Gasteiger partial charge in [0.25, 0.3) is 0 Å². The number of hydrogen-bond donors (Lipinski definition) is 1. The second kappa shape index (κ2) is 7.73. The van der Waals surface area contributed by atoms with Gasteiger partial charge in [-0.3, -0.25) is 14.4 Å². The SMILES string of the molecule is CC1CNC(=O)CCN1C(=O)CCCC(=O)c1ccccc1. The van der Waals surface area contributed by atoms with Crippen LogP contribution in [0.5, 0.6) is 0 Å². The molecule has 1 saturated heterocycles. The normalized spacial score (nSPS) is 18.5. The molecule has 1 aliphatic rings. The van der Waals surface area contributed by atoms with Crippen LogP contribution in [-0.2, 0) is 9.59 Å². The molecule has 5 nitrogen and oxygen atoms in total. The van der Waals surface area contributed by atoms with Crippen LogP contribution in [0, 0.1) is 0 Å². The molecular weight excluding hydrogens is 280 g/mol. The zero-order valence-electron chi connectivity index (χ0n) is 12.9. The Labute approximate surface area is 130 Å². The summed E-state index contributed by atoms with van der Waals surface area (Å²) in [6, 6.07) is 9.12. The fraction of sp³-hybridized carbons (Fsp3) is 0.471. The topological polar surface area (TPSA) is 66.5 Å². The van der Waals surface area contributed by atoms with Crippen molar-refractivity contribution in [1.29, 1.82) is 0 Å². The van der Waals surface area contributed by atoms with Gasteiger partial charge in [-0.15, -0.1) is 0 Å². The smallest absolute Gasteiger partial charge is 0.222 e. The first-order chi connectivity index (χ1) is 10.6. The standard InChI is InChI=1S/C17H22N2O3/c1-13-12-18-16(21)10-11-19(13)17(22)9-5-8-15(20)14-6-3-2-4-7-14/h2-4,6-7,13H,5,8-12H2,1H3,(H,18,21).